The SMILES string of the molecule is CCCNCc1cccc(OCC)c1OCCCCCO. The minimum atomic E-state index is 0.252. The van der Waals surface area contributed by atoms with Crippen molar-refractivity contribution in [1.82, 2.24) is 5.32 Å². The number of hydrogen-bond acceptors (Lipinski definition) is 4. The first-order valence-electron chi connectivity index (χ1n) is 8.02. The molecule has 0 spiro atoms. The summed E-state index contributed by atoms with van der Waals surface area (Å²) < 4.78 is 11.6. The number of nitrogens with one attached hydrogen (secondary N) is 1. The van der Waals surface area contributed by atoms with Gasteiger partial charge in [-0.15, -0.1) is 0 Å². The summed E-state index contributed by atoms with van der Waals surface area (Å²) in [4.78, 5) is 0. The Morgan fingerprint density at radius 3 is 2.67 bits per heavy atom. The van der Waals surface area contributed by atoms with E-state index in [1.54, 1.807) is 0 Å². The lowest BCUT2D eigenvalue weighted by Crippen LogP contribution is -2.15. The van der Waals surface area contributed by atoms with Crippen LogP contribution in [0.5, 0.6) is 11.5 Å². The molecule has 0 aromatic heterocycles. The molecule has 1 aromatic rings. The summed E-state index contributed by atoms with van der Waals surface area (Å²) in [5.41, 5.74) is 1.14. The summed E-state index contributed by atoms with van der Waals surface area (Å²) >= 11 is 0. The maximum Gasteiger partial charge on any atom is 0.165 e. The summed E-state index contributed by atoms with van der Waals surface area (Å²) in [5.74, 6) is 1.67. The van der Waals surface area contributed by atoms with Crippen LogP contribution in [0.4, 0.5) is 0 Å². The topological polar surface area (TPSA) is 50.7 Å². The second kappa shape index (κ2) is 11.4. The van der Waals surface area contributed by atoms with Gasteiger partial charge in [-0.1, -0.05) is 19.1 Å². The Bertz CT molecular complexity index is 382. The van der Waals surface area contributed by atoms with Crippen molar-refractivity contribution >= 4 is 0 Å². The van der Waals surface area contributed by atoms with Crippen molar-refractivity contribution in [3.63, 3.8) is 0 Å². The molecule has 0 aliphatic heterocycles. The highest BCUT2D eigenvalue weighted by molar-refractivity contribution is 5.46. The Morgan fingerprint density at radius 1 is 1.10 bits per heavy atom. The molecule has 120 valence electrons. The van der Waals surface area contributed by atoms with E-state index in [0.29, 0.717) is 13.2 Å². The van der Waals surface area contributed by atoms with Crippen LogP contribution >= 0.6 is 0 Å². The van der Waals surface area contributed by atoms with E-state index in [1.807, 2.05) is 19.1 Å². The summed E-state index contributed by atoms with van der Waals surface area (Å²) in [6.07, 6.45) is 3.88. The maximum atomic E-state index is 8.79. The number of benzene rings is 1. The summed E-state index contributed by atoms with van der Waals surface area (Å²) in [6, 6.07) is 6.04. The van der Waals surface area contributed by atoms with Crippen LogP contribution < -0.4 is 14.8 Å². The smallest absolute Gasteiger partial charge is 0.165 e. The second-order valence-corrected chi connectivity index (χ2v) is 4.99. The fourth-order valence-electron chi connectivity index (χ4n) is 2.10. The third-order valence-electron chi connectivity index (χ3n) is 3.15. The summed E-state index contributed by atoms with van der Waals surface area (Å²) in [6.45, 7) is 7.46. The van der Waals surface area contributed by atoms with Crippen LogP contribution in [-0.2, 0) is 6.54 Å². The van der Waals surface area contributed by atoms with Crippen molar-refractivity contribution in [1.29, 1.82) is 0 Å². The number of ether oxygens (including phenoxy) is 2. The molecule has 0 amide bonds. The summed E-state index contributed by atoms with van der Waals surface area (Å²) in [5, 5.41) is 12.2. The number of rotatable bonds is 12. The van der Waals surface area contributed by atoms with Crippen molar-refractivity contribution in [2.24, 2.45) is 0 Å². The molecule has 0 fully saturated rings. The largest absolute Gasteiger partial charge is 0.490 e. The van der Waals surface area contributed by atoms with Gasteiger partial charge >= 0.3 is 0 Å². The van der Waals surface area contributed by atoms with Crippen molar-refractivity contribution < 1.29 is 14.6 Å². The predicted molar refractivity (Wildman–Crippen MR) is 86.0 cm³/mol. The van der Waals surface area contributed by atoms with Crippen LogP contribution in [0.15, 0.2) is 18.2 Å². The molecule has 0 aliphatic rings. The number of unbranched alkanes of at least 4 members (excludes halogenated alkanes) is 2. The van der Waals surface area contributed by atoms with E-state index < -0.39 is 0 Å². The van der Waals surface area contributed by atoms with Gasteiger partial charge in [0.25, 0.3) is 0 Å². The van der Waals surface area contributed by atoms with Crippen LogP contribution in [0.1, 0.15) is 45.1 Å². The lowest BCUT2D eigenvalue weighted by atomic mass is 10.1. The first-order chi connectivity index (χ1) is 10.3. The van der Waals surface area contributed by atoms with Gasteiger partial charge in [0.05, 0.1) is 13.2 Å². The highest BCUT2D eigenvalue weighted by Gasteiger charge is 2.10. The minimum absolute atomic E-state index is 0.252. The second-order valence-electron chi connectivity index (χ2n) is 4.99. The van der Waals surface area contributed by atoms with Crippen LogP contribution in [0.25, 0.3) is 0 Å². The fraction of sp³-hybridized carbons (Fsp3) is 0.647. The van der Waals surface area contributed by atoms with Crippen molar-refractivity contribution in [3.05, 3.63) is 23.8 Å². The Morgan fingerprint density at radius 2 is 1.95 bits per heavy atom. The van der Waals surface area contributed by atoms with E-state index in [4.69, 9.17) is 14.6 Å². The van der Waals surface area contributed by atoms with Crippen LogP contribution in [0.3, 0.4) is 0 Å². The Balaban J connectivity index is 2.64. The molecular formula is C17H29NO3. The molecule has 0 aliphatic carbocycles. The molecule has 0 saturated heterocycles. The Hall–Kier alpha value is -1.26. The van der Waals surface area contributed by atoms with Gasteiger partial charge in [-0.3, -0.25) is 0 Å². The van der Waals surface area contributed by atoms with E-state index in [-0.39, 0.29) is 6.61 Å². The van der Waals surface area contributed by atoms with Crippen LogP contribution in [0.2, 0.25) is 0 Å². The van der Waals surface area contributed by atoms with Crippen LogP contribution in [-0.4, -0.2) is 31.5 Å². The third-order valence-corrected chi connectivity index (χ3v) is 3.15. The predicted octanol–water partition coefficient (Wildman–Crippen LogP) is 3.13. The number of aliphatic hydroxyl groups is 1. The van der Waals surface area contributed by atoms with Crippen molar-refractivity contribution in [3.8, 4) is 11.5 Å². The zero-order valence-corrected chi connectivity index (χ0v) is 13.4. The highest BCUT2D eigenvalue weighted by atomic mass is 16.5. The van der Waals surface area contributed by atoms with Crippen molar-refractivity contribution in [2.45, 2.75) is 46.1 Å². The third kappa shape index (κ3) is 6.82. The maximum absolute atomic E-state index is 8.79. The van der Waals surface area contributed by atoms with E-state index in [0.717, 1.165) is 55.8 Å². The van der Waals surface area contributed by atoms with Gasteiger partial charge < -0.3 is 19.9 Å². The Labute approximate surface area is 128 Å². The van der Waals surface area contributed by atoms with Crippen molar-refractivity contribution in [2.75, 3.05) is 26.4 Å². The lowest BCUT2D eigenvalue weighted by molar-refractivity contribution is 0.253. The Kier molecular flexibility index (Phi) is 9.66. The quantitative estimate of drug-likeness (QED) is 0.582. The molecule has 1 aromatic carbocycles. The highest BCUT2D eigenvalue weighted by Crippen LogP contribution is 2.31. The molecule has 2 N–H and O–H groups in total. The molecule has 4 nitrogen and oxygen atoms in total. The van der Waals surface area contributed by atoms with Gasteiger partial charge in [-0.2, -0.15) is 0 Å². The molecular weight excluding hydrogens is 266 g/mol. The van der Waals surface area contributed by atoms with Gasteiger partial charge in [0.15, 0.2) is 11.5 Å². The average Bonchev–Trinajstić information content (AvgIpc) is 2.49. The molecule has 0 atom stereocenters. The standard InChI is InChI=1S/C17H29NO3/c1-3-11-18-14-15-9-8-10-16(20-4-2)17(15)21-13-7-5-6-12-19/h8-10,18-19H,3-7,11-14H2,1-2H3. The van der Waals surface area contributed by atoms with Gasteiger partial charge in [0.2, 0.25) is 0 Å². The number of aliphatic hydroxyl groups excluding tert-OH is 1. The summed E-state index contributed by atoms with van der Waals surface area (Å²) in [7, 11) is 0. The first-order valence-corrected chi connectivity index (χ1v) is 8.02. The molecule has 0 unspecified atom stereocenters. The first kappa shape index (κ1) is 17.8. The minimum Gasteiger partial charge on any atom is -0.490 e. The van der Waals surface area contributed by atoms with Crippen LogP contribution in [0, 0.1) is 0 Å². The van der Waals surface area contributed by atoms with Gasteiger partial charge in [0.1, 0.15) is 0 Å². The molecule has 21 heavy (non-hydrogen) atoms. The van der Waals surface area contributed by atoms with E-state index in [1.165, 1.54) is 0 Å². The molecule has 0 heterocycles. The lowest BCUT2D eigenvalue weighted by Gasteiger charge is -2.16. The van der Waals surface area contributed by atoms with E-state index in [2.05, 4.69) is 18.3 Å². The number of para-hydroxylation sites is 1. The van der Waals surface area contributed by atoms with E-state index in [9.17, 15) is 0 Å². The molecule has 0 radical (unpaired) electrons. The van der Waals surface area contributed by atoms with Gasteiger partial charge in [0, 0.05) is 18.7 Å². The fourth-order valence-corrected chi connectivity index (χ4v) is 2.10. The zero-order valence-electron chi connectivity index (χ0n) is 13.4. The normalized spacial score (nSPS) is 10.6. The average molecular weight is 295 g/mol. The molecule has 0 bridgehead atoms. The number of hydrogen-bond donors (Lipinski definition) is 2. The monoisotopic (exact) mass is 295 g/mol. The van der Waals surface area contributed by atoms with Gasteiger partial charge in [-0.05, 0) is 45.2 Å². The zero-order chi connectivity index (χ0) is 15.3. The molecule has 1 rings (SSSR count). The molecule has 0 saturated carbocycles. The van der Waals surface area contributed by atoms with Gasteiger partial charge in [-0.25, -0.2) is 0 Å². The van der Waals surface area contributed by atoms with E-state index >= 15 is 0 Å². The molecule has 4 heteroatoms.